The Morgan fingerprint density at radius 1 is 1.17 bits per heavy atom. The van der Waals surface area contributed by atoms with Crippen molar-refractivity contribution >= 4 is 6.09 Å². The molecule has 1 aliphatic heterocycles. The summed E-state index contributed by atoms with van der Waals surface area (Å²) in [6, 6.07) is 8.42. The van der Waals surface area contributed by atoms with E-state index in [1.807, 2.05) is 27.7 Å². The summed E-state index contributed by atoms with van der Waals surface area (Å²) in [7, 11) is 2.17. The molecule has 1 atom stereocenters. The zero-order valence-electron chi connectivity index (χ0n) is 15.6. The molecule has 1 aromatic carbocycles. The van der Waals surface area contributed by atoms with Crippen LogP contribution < -0.4 is 5.32 Å². The van der Waals surface area contributed by atoms with Crippen molar-refractivity contribution in [1.29, 1.82) is 0 Å². The van der Waals surface area contributed by atoms with Gasteiger partial charge in [0, 0.05) is 32.7 Å². The van der Waals surface area contributed by atoms with E-state index >= 15 is 0 Å². The summed E-state index contributed by atoms with van der Waals surface area (Å²) < 4.78 is 5.30. The Kier molecular flexibility index (Phi) is 6.24. The number of nitrogens with zero attached hydrogens (tertiary/aromatic N) is 2. The Balaban J connectivity index is 1.85. The maximum atomic E-state index is 11.9. The molecule has 0 aliphatic carbocycles. The first-order valence-electron chi connectivity index (χ1n) is 8.72. The lowest BCUT2D eigenvalue weighted by Crippen LogP contribution is -2.43. The van der Waals surface area contributed by atoms with Gasteiger partial charge in [-0.1, -0.05) is 24.3 Å². The average molecular weight is 333 g/mol. The highest BCUT2D eigenvalue weighted by atomic mass is 16.6. The first kappa shape index (κ1) is 18.7. The number of carbonyl (C=O) groups excluding carboxylic acids is 1. The highest BCUT2D eigenvalue weighted by molar-refractivity contribution is 5.68. The van der Waals surface area contributed by atoms with Crippen molar-refractivity contribution in [3.8, 4) is 0 Å². The normalized spacial score (nSPS) is 18.2. The Morgan fingerprint density at radius 2 is 1.75 bits per heavy atom. The Bertz CT molecular complexity index is 529. The third-order valence-corrected chi connectivity index (χ3v) is 4.22. The van der Waals surface area contributed by atoms with Gasteiger partial charge in [0.2, 0.25) is 0 Å². The van der Waals surface area contributed by atoms with Crippen molar-refractivity contribution in [2.45, 2.75) is 45.9 Å². The van der Waals surface area contributed by atoms with Crippen LogP contribution in [0.5, 0.6) is 0 Å². The highest BCUT2D eigenvalue weighted by Gasteiger charge is 2.18. The van der Waals surface area contributed by atoms with E-state index in [4.69, 9.17) is 4.74 Å². The minimum absolute atomic E-state index is 0.0717. The fourth-order valence-electron chi connectivity index (χ4n) is 2.74. The van der Waals surface area contributed by atoms with Gasteiger partial charge in [-0.25, -0.2) is 4.79 Å². The van der Waals surface area contributed by atoms with Crippen LogP contribution in [0.3, 0.4) is 0 Å². The molecule has 134 valence electrons. The van der Waals surface area contributed by atoms with E-state index in [-0.39, 0.29) is 12.1 Å². The summed E-state index contributed by atoms with van der Waals surface area (Å²) in [5.74, 6) is 0. The second-order valence-electron chi connectivity index (χ2n) is 7.69. The molecule has 1 fully saturated rings. The lowest BCUT2D eigenvalue weighted by molar-refractivity contribution is 0.0508. The van der Waals surface area contributed by atoms with Crippen LogP contribution in [-0.2, 0) is 11.3 Å². The van der Waals surface area contributed by atoms with Crippen molar-refractivity contribution in [2.24, 2.45) is 0 Å². The van der Waals surface area contributed by atoms with Crippen LogP contribution in [0.25, 0.3) is 0 Å². The predicted molar refractivity (Wildman–Crippen MR) is 97.0 cm³/mol. The van der Waals surface area contributed by atoms with E-state index in [0.29, 0.717) is 0 Å². The molecule has 1 heterocycles. The zero-order chi connectivity index (χ0) is 17.7. The Hall–Kier alpha value is -1.59. The highest BCUT2D eigenvalue weighted by Crippen LogP contribution is 2.16. The van der Waals surface area contributed by atoms with E-state index in [1.165, 1.54) is 5.56 Å². The minimum atomic E-state index is -0.476. The summed E-state index contributed by atoms with van der Waals surface area (Å²) >= 11 is 0. The molecule has 0 saturated carbocycles. The van der Waals surface area contributed by atoms with Gasteiger partial charge in [-0.3, -0.25) is 4.90 Å². The maximum Gasteiger partial charge on any atom is 0.408 e. The number of hydrogen-bond donors (Lipinski definition) is 1. The van der Waals surface area contributed by atoms with Crippen molar-refractivity contribution in [3.05, 3.63) is 35.4 Å². The lowest BCUT2D eigenvalue weighted by atomic mass is 10.1. The first-order valence-corrected chi connectivity index (χ1v) is 8.72. The van der Waals surface area contributed by atoms with Crippen LogP contribution in [0.4, 0.5) is 4.79 Å². The molecule has 0 bridgehead atoms. The minimum Gasteiger partial charge on any atom is -0.444 e. The third kappa shape index (κ3) is 6.13. The molecule has 1 aromatic rings. The van der Waals surface area contributed by atoms with E-state index in [2.05, 4.69) is 46.4 Å². The van der Waals surface area contributed by atoms with Gasteiger partial charge in [-0.05, 0) is 45.9 Å². The fourth-order valence-corrected chi connectivity index (χ4v) is 2.74. The molecule has 5 nitrogen and oxygen atoms in total. The number of hydrogen-bond acceptors (Lipinski definition) is 4. The molecule has 0 spiro atoms. The van der Waals surface area contributed by atoms with Gasteiger partial charge < -0.3 is 15.0 Å². The third-order valence-electron chi connectivity index (χ3n) is 4.22. The van der Waals surface area contributed by atoms with Crippen molar-refractivity contribution in [3.63, 3.8) is 0 Å². The van der Waals surface area contributed by atoms with Crippen LogP contribution in [-0.4, -0.2) is 54.7 Å². The molecule has 0 aromatic heterocycles. The number of benzene rings is 1. The van der Waals surface area contributed by atoms with E-state index in [9.17, 15) is 4.79 Å². The van der Waals surface area contributed by atoms with Crippen molar-refractivity contribution < 1.29 is 9.53 Å². The van der Waals surface area contributed by atoms with Crippen LogP contribution in [0, 0.1) is 0 Å². The number of nitrogens with one attached hydrogen (secondary N) is 1. The van der Waals surface area contributed by atoms with Gasteiger partial charge in [0.1, 0.15) is 5.60 Å². The smallest absolute Gasteiger partial charge is 0.408 e. The number of amides is 1. The standard InChI is InChI=1S/C19H31N3O2/c1-15(20-18(23)24-19(2,3)4)17-8-6-16(7-9-17)14-22-12-10-21(5)11-13-22/h6-9,15H,10-14H2,1-5H3,(H,20,23)/t15-/m0/s1. The maximum absolute atomic E-state index is 11.9. The number of piperazine rings is 1. The lowest BCUT2D eigenvalue weighted by Gasteiger charge is -2.32. The monoisotopic (exact) mass is 333 g/mol. The van der Waals surface area contributed by atoms with E-state index < -0.39 is 5.60 Å². The molecular formula is C19H31N3O2. The molecule has 0 unspecified atom stereocenters. The Morgan fingerprint density at radius 3 is 2.29 bits per heavy atom. The van der Waals surface area contributed by atoms with Gasteiger partial charge in [0.05, 0.1) is 6.04 Å². The van der Waals surface area contributed by atoms with Crippen LogP contribution in [0.1, 0.15) is 44.9 Å². The summed E-state index contributed by atoms with van der Waals surface area (Å²) in [6.45, 7) is 13.1. The second-order valence-corrected chi connectivity index (χ2v) is 7.69. The molecule has 1 aliphatic rings. The number of ether oxygens (including phenoxy) is 1. The molecule has 5 heteroatoms. The summed E-state index contributed by atoms with van der Waals surface area (Å²) in [4.78, 5) is 16.7. The molecule has 1 amide bonds. The topological polar surface area (TPSA) is 44.8 Å². The average Bonchev–Trinajstić information content (AvgIpc) is 2.48. The van der Waals surface area contributed by atoms with Crippen LogP contribution in [0.15, 0.2) is 24.3 Å². The van der Waals surface area contributed by atoms with Crippen LogP contribution in [0.2, 0.25) is 0 Å². The first-order chi connectivity index (χ1) is 11.2. The summed E-state index contributed by atoms with van der Waals surface area (Å²) in [5, 5.41) is 2.88. The molecule has 1 N–H and O–H groups in total. The summed E-state index contributed by atoms with van der Waals surface area (Å²) in [6.07, 6.45) is -0.378. The quantitative estimate of drug-likeness (QED) is 0.920. The molecule has 1 saturated heterocycles. The molecular weight excluding hydrogens is 302 g/mol. The molecule has 0 radical (unpaired) electrons. The van der Waals surface area contributed by atoms with Gasteiger partial charge in [-0.15, -0.1) is 0 Å². The van der Waals surface area contributed by atoms with Crippen LogP contribution >= 0.6 is 0 Å². The van der Waals surface area contributed by atoms with E-state index in [0.717, 1.165) is 38.3 Å². The number of alkyl carbamates (subject to hydrolysis) is 1. The number of rotatable bonds is 4. The number of carbonyl (C=O) groups is 1. The largest absolute Gasteiger partial charge is 0.444 e. The van der Waals surface area contributed by atoms with E-state index in [1.54, 1.807) is 0 Å². The number of likely N-dealkylation sites (N-methyl/N-ethyl adjacent to an activating group) is 1. The predicted octanol–water partition coefficient (Wildman–Crippen LogP) is 3.02. The van der Waals surface area contributed by atoms with Gasteiger partial charge in [-0.2, -0.15) is 0 Å². The van der Waals surface area contributed by atoms with Gasteiger partial charge in [0.15, 0.2) is 0 Å². The van der Waals surface area contributed by atoms with Crippen molar-refractivity contribution in [1.82, 2.24) is 15.1 Å². The Labute approximate surface area is 146 Å². The fraction of sp³-hybridized carbons (Fsp3) is 0.632. The second kappa shape index (κ2) is 7.99. The van der Waals surface area contributed by atoms with Gasteiger partial charge >= 0.3 is 6.09 Å². The van der Waals surface area contributed by atoms with Gasteiger partial charge in [0.25, 0.3) is 0 Å². The van der Waals surface area contributed by atoms with Crippen molar-refractivity contribution in [2.75, 3.05) is 33.2 Å². The molecule has 2 rings (SSSR count). The summed E-state index contributed by atoms with van der Waals surface area (Å²) in [5.41, 5.74) is 1.92. The molecule has 24 heavy (non-hydrogen) atoms. The zero-order valence-corrected chi connectivity index (χ0v) is 15.6. The SMILES string of the molecule is C[C@H](NC(=O)OC(C)(C)C)c1ccc(CN2CCN(C)CC2)cc1.